The molecule has 0 unspecified atom stereocenters. The van der Waals surface area contributed by atoms with E-state index in [0.717, 1.165) is 36.0 Å². The van der Waals surface area contributed by atoms with Gasteiger partial charge >= 0.3 is 5.97 Å². The molecule has 0 saturated carbocycles. The monoisotopic (exact) mass is 367 g/mol. The Kier molecular flexibility index (Phi) is 6.90. The molecule has 22 heavy (non-hydrogen) atoms. The van der Waals surface area contributed by atoms with E-state index < -0.39 is 0 Å². The summed E-state index contributed by atoms with van der Waals surface area (Å²) in [5, 5.41) is 0. The molecule has 1 aliphatic rings. The van der Waals surface area contributed by atoms with Gasteiger partial charge in [-0.05, 0) is 37.0 Å². The first-order chi connectivity index (χ1) is 10.6. The molecule has 0 aliphatic carbocycles. The Labute approximate surface area is 140 Å². The number of rotatable bonds is 5. The molecule has 1 aromatic carbocycles. The Morgan fingerprint density at radius 1 is 1.14 bits per heavy atom. The lowest BCUT2D eigenvalue weighted by atomic mass is 10.1. The van der Waals surface area contributed by atoms with E-state index in [-0.39, 0.29) is 18.5 Å². The molecule has 1 amide bonds. The number of aryl methyl sites for hydroxylation is 1. The highest BCUT2D eigenvalue weighted by Crippen LogP contribution is 2.13. The van der Waals surface area contributed by atoms with Crippen molar-refractivity contribution in [3.8, 4) is 0 Å². The highest BCUT2D eigenvalue weighted by Gasteiger charge is 2.17. The summed E-state index contributed by atoms with van der Waals surface area (Å²) in [5.74, 6) is -0.388. The van der Waals surface area contributed by atoms with Gasteiger partial charge in [-0.1, -0.05) is 40.9 Å². The average Bonchev–Trinajstić information content (AvgIpc) is 2.80. The average molecular weight is 368 g/mol. The number of nitrogens with zero attached hydrogens (tertiary/aromatic N) is 1. The molecule has 0 atom stereocenters. The van der Waals surface area contributed by atoms with Crippen LogP contribution in [0, 0.1) is 0 Å². The number of ether oxygens (including phenoxy) is 1. The summed E-state index contributed by atoms with van der Waals surface area (Å²) < 4.78 is 6.10. The summed E-state index contributed by atoms with van der Waals surface area (Å²) in [4.78, 5) is 25.6. The number of carbonyl (C=O) groups is 2. The smallest absolute Gasteiger partial charge is 0.306 e. The third kappa shape index (κ3) is 5.79. The van der Waals surface area contributed by atoms with Crippen molar-refractivity contribution in [3.05, 3.63) is 34.3 Å². The Bertz CT molecular complexity index is 510. The third-order valence-electron chi connectivity index (χ3n) is 3.82. The first-order valence-corrected chi connectivity index (χ1v) is 8.62. The number of carbonyl (C=O) groups excluding carboxylic acids is 2. The molecule has 2 rings (SSSR count). The zero-order chi connectivity index (χ0) is 15.8. The molecule has 1 fully saturated rings. The minimum atomic E-state index is -0.317. The molecule has 4 nitrogen and oxygen atoms in total. The molecule has 1 saturated heterocycles. The van der Waals surface area contributed by atoms with Crippen LogP contribution in [0.2, 0.25) is 0 Å². The van der Waals surface area contributed by atoms with Crippen LogP contribution in [0.1, 0.15) is 37.7 Å². The second-order valence-electron chi connectivity index (χ2n) is 5.59. The van der Waals surface area contributed by atoms with E-state index in [4.69, 9.17) is 4.74 Å². The van der Waals surface area contributed by atoms with Gasteiger partial charge in [0.1, 0.15) is 0 Å². The first-order valence-electron chi connectivity index (χ1n) is 7.83. The van der Waals surface area contributed by atoms with Gasteiger partial charge in [-0.2, -0.15) is 0 Å². The maximum Gasteiger partial charge on any atom is 0.306 e. The van der Waals surface area contributed by atoms with Crippen LogP contribution >= 0.6 is 15.9 Å². The van der Waals surface area contributed by atoms with Crippen LogP contribution in [0.25, 0.3) is 0 Å². The molecule has 0 bridgehead atoms. The van der Waals surface area contributed by atoms with Crippen LogP contribution in [-0.2, 0) is 20.7 Å². The number of halogens is 1. The van der Waals surface area contributed by atoms with Crippen molar-refractivity contribution in [1.29, 1.82) is 0 Å². The van der Waals surface area contributed by atoms with Crippen LogP contribution in [0.3, 0.4) is 0 Å². The molecule has 1 aromatic rings. The highest BCUT2D eigenvalue weighted by atomic mass is 79.9. The van der Waals surface area contributed by atoms with Crippen molar-refractivity contribution in [1.82, 2.24) is 4.90 Å². The number of likely N-dealkylation sites (tertiary alicyclic amines) is 1. The van der Waals surface area contributed by atoms with Gasteiger partial charge in [0.2, 0.25) is 0 Å². The second kappa shape index (κ2) is 8.93. The Balaban J connectivity index is 1.69. The summed E-state index contributed by atoms with van der Waals surface area (Å²) in [6.07, 6.45) is 5.36. The minimum absolute atomic E-state index is 0.0716. The molecule has 0 spiro atoms. The minimum Gasteiger partial charge on any atom is -0.456 e. The maximum absolute atomic E-state index is 12.0. The van der Waals surface area contributed by atoms with E-state index in [0.29, 0.717) is 12.8 Å². The molecule has 0 aromatic heterocycles. The van der Waals surface area contributed by atoms with E-state index in [1.54, 1.807) is 0 Å². The van der Waals surface area contributed by atoms with Gasteiger partial charge in [0.15, 0.2) is 6.61 Å². The molecule has 120 valence electrons. The van der Waals surface area contributed by atoms with Crippen molar-refractivity contribution in [2.24, 2.45) is 0 Å². The van der Waals surface area contributed by atoms with Crippen LogP contribution < -0.4 is 0 Å². The molecular weight excluding hydrogens is 346 g/mol. The molecule has 1 heterocycles. The first kappa shape index (κ1) is 17.0. The fourth-order valence-corrected chi connectivity index (χ4v) is 3.01. The maximum atomic E-state index is 12.0. The quantitative estimate of drug-likeness (QED) is 0.749. The molecular formula is C17H22BrNO3. The van der Waals surface area contributed by atoms with Crippen molar-refractivity contribution >= 4 is 27.8 Å². The summed E-state index contributed by atoms with van der Waals surface area (Å²) in [7, 11) is 0. The van der Waals surface area contributed by atoms with Crippen molar-refractivity contribution in [3.63, 3.8) is 0 Å². The molecule has 0 radical (unpaired) electrons. The lowest BCUT2D eigenvalue weighted by Crippen LogP contribution is -2.35. The third-order valence-corrected chi connectivity index (χ3v) is 4.32. The topological polar surface area (TPSA) is 46.6 Å². The van der Waals surface area contributed by atoms with Gasteiger partial charge in [-0.3, -0.25) is 9.59 Å². The molecule has 0 N–H and O–H groups in total. The number of hydrogen-bond acceptors (Lipinski definition) is 3. The largest absolute Gasteiger partial charge is 0.456 e. The summed E-state index contributed by atoms with van der Waals surface area (Å²) >= 11 is 3.40. The van der Waals surface area contributed by atoms with Gasteiger partial charge in [0.05, 0.1) is 0 Å². The predicted molar refractivity (Wildman–Crippen MR) is 88.5 cm³/mol. The highest BCUT2D eigenvalue weighted by molar-refractivity contribution is 9.10. The summed E-state index contributed by atoms with van der Waals surface area (Å²) in [6.45, 7) is 1.44. The van der Waals surface area contributed by atoms with Crippen molar-refractivity contribution < 1.29 is 14.3 Å². The van der Waals surface area contributed by atoms with E-state index in [9.17, 15) is 9.59 Å². The van der Waals surface area contributed by atoms with Crippen LogP contribution in [-0.4, -0.2) is 36.5 Å². The van der Waals surface area contributed by atoms with Gasteiger partial charge in [-0.15, -0.1) is 0 Å². The Morgan fingerprint density at radius 2 is 1.86 bits per heavy atom. The van der Waals surface area contributed by atoms with Crippen LogP contribution in [0.4, 0.5) is 0 Å². The molecule has 5 heteroatoms. The zero-order valence-corrected chi connectivity index (χ0v) is 14.3. The van der Waals surface area contributed by atoms with Gasteiger partial charge in [-0.25, -0.2) is 0 Å². The van der Waals surface area contributed by atoms with Crippen LogP contribution in [0.5, 0.6) is 0 Å². The Morgan fingerprint density at radius 3 is 2.55 bits per heavy atom. The normalized spacial score (nSPS) is 15.2. The standard InChI is InChI=1S/C17H22BrNO3/c18-15-7-5-6-14(12-15)8-9-17(21)22-13-16(20)19-10-3-1-2-4-11-19/h5-7,12H,1-4,8-11,13H2. The van der Waals surface area contributed by atoms with Crippen LogP contribution in [0.15, 0.2) is 28.7 Å². The SMILES string of the molecule is O=C(CCc1cccc(Br)c1)OCC(=O)N1CCCCCC1. The van der Waals surface area contributed by atoms with Crippen molar-refractivity contribution in [2.45, 2.75) is 38.5 Å². The lowest BCUT2D eigenvalue weighted by Gasteiger charge is -2.19. The van der Waals surface area contributed by atoms with E-state index in [1.807, 2.05) is 29.2 Å². The van der Waals surface area contributed by atoms with E-state index in [1.165, 1.54) is 12.8 Å². The predicted octanol–water partition coefficient (Wildman–Crippen LogP) is 3.33. The fourth-order valence-electron chi connectivity index (χ4n) is 2.56. The van der Waals surface area contributed by atoms with E-state index in [2.05, 4.69) is 15.9 Å². The zero-order valence-electron chi connectivity index (χ0n) is 12.7. The van der Waals surface area contributed by atoms with Gasteiger partial charge < -0.3 is 9.64 Å². The Hall–Kier alpha value is -1.36. The summed E-state index contributed by atoms with van der Waals surface area (Å²) in [5.41, 5.74) is 1.07. The lowest BCUT2D eigenvalue weighted by molar-refractivity contribution is -0.152. The number of benzene rings is 1. The molecule has 1 aliphatic heterocycles. The van der Waals surface area contributed by atoms with Gasteiger partial charge in [0.25, 0.3) is 5.91 Å². The fraction of sp³-hybridized carbons (Fsp3) is 0.529. The van der Waals surface area contributed by atoms with E-state index >= 15 is 0 Å². The summed E-state index contributed by atoms with van der Waals surface area (Å²) in [6, 6.07) is 7.84. The number of hydrogen-bond donors (Lipinski definition) is 0. The number of esters is 1. The van der Waals surface area contributed by atoms with Gasteiger partial charge in [0, 0.05) is 24.0 Å². The second-order valence-corrected chi connectivity index (χ2v) is 6.50. The number of amides is 1. The van der Waals surface area contributed by atoms with Crippen molar-refractivity contribution in [2.75, 3.05) is 19.7 Å².